The van der Waals surface area contributed by atoms with Crippen LogP contribution in [0.2, 0.25) is 0 Å². The van der Waals surface area contributed by atoms with E-state index >= 15 is 0 Å². The molecule has 4 nitrogen and oxygen atoms in total. The summed E-state index contributed by atoms with van der Waals surface area (Å²) in [6.45, 7) is 3.75. The largest absolute Gasteiger partial charge is 0.497 e. The van der Waals surface area contributed by atoms with Gasteiger partial charge in [0, 0.05) is 13.1 Å². The lowest BCUT2D eigenvalue weighted by atomic mass is 9.72. The number of benzene rings is 2. The minimum absolute atomic E-state index is 0.0687. The smallest absolute Gasteiger partial charge is 0.320 e. The van der Waals surface area contributed by atoms with E-state index in [0.717, 1.165) is 31.7 Å². The molecule has 1 saturated heterocycles. The van der Waals surface area contributed by atoms with E-state index in [9.17, 15) is 9.90 Å². The topological polar surface area (TPSA) is 49.8 Å². The third kappa shape index (κ3) is 5.28. The SMILES string of the molecule is COC1=CCC([C@]2(C)C[C@@H](C(=O)O)N(CCC=C(c3ccccc3)c3ccccc3)C2)C=C1. The summed E-state index contributed by atoms with van der Waals surface area (Å²) in [6.07, 6.45) is 10.9. The van der Waals surface area contributed by atoms with Crippen LogP contribution in [-0.4, -0.2) is 42.2 Å². The number of ether oxygens (including phenoxy) is 1. The molecule has 1 fully saturated rings. The fourth-order valence-corrected chi connectivity index (χ4v) is 5.24. The highest BCUT2D eigenvalue weighted by molar-refractivity contribution is 5.79. The first-order chi connectivity index (χ1) is 16.0. The summed E-state index contributed by atoms with van der Waals surface area (Å²) in [7, 11) is 1.68. The standard InChI is InChI=1S/C29H33NO3/c1-29(24-15-17-25(33-2)18-16-24)20-27(28(31)32)30(21-29)19-9-14-26(22-10-5-3-6-11-22)23-12-7-4-8-13-23/h3-8,10-15,17-18,24,27H,9,16,19-21H2,1-2H3,(H,31,32)/t24?,27-,29+/m0/s1. The Morgan fingerprint density at radius 3 is 2.27 bits per heavy atom. The number of hydrogen-bond acceptors (Lipinski definition) is 3. The summed E-state index contributed by atoms with van der Waals surface area (Å²) in [4.78, 5) is 14.3. The number of carbonyl (C=O) groups is 1. The van der Waals surface area contributed by atoms with Crippen molar-refractivity contribution < 1.29 is 14.6 Å². The zero-order valence-electron chi connectivity index (χ0n) is 19.5. The molecule has 1 unspecified atom stereocenters. The Kier molecular flexibility index (Phi) is 7.14. The van der Waals surface area contributed by atoms with Crippen molar-refractivity contribution in [3.8, 4) is 0 Å². The molecule has 2 aromatic carbocycles. The van der Waals surface area contributed by atoms with Crippen LogP contribution in [-0.2, 0) is 9.53 Å². The van der Waals surface area contributed by atoms with Crippen LogP contribution in [0.15, 0.2) is 90.7 Å². The fraction of sp³-hybridized carbons (Fsp3) is 0.345. The van der Waals surface area contributed by atoms with Crippen LogP contribution in [0, 0.1) is 11.3 Å². The number of allylic oxidation sites excluding steroid dienone is 3. The van der Waals surface area contributed by atoms with Crippen molar-refractivity contribution in [2.24, 2.45) is 11.3 Å². The predicted molar refractivity (Wildman–Crippen MR) is 133 cm³/mol. The van der Waals surface area contributed by atoms with Crippen molar-refractivity contribution in [2.45, 2.75) is 32.2 Å². The van der Waals surface area contributed by atoms with Crippen molar-refractivity contribution in [1.82, 2.24) is 4.90 Å². The van der Waals surface area contributed by atoms with Gasteiger partial charge in [-0.15, -0.1) is 0 Å². The molecule has 1 N–H and O–H groups in total. The number of hydrogen-bond donors (Lipinski definition) is 1. The first-order valence-corrected chi connectivity index (χ1v) is 11.7. The molecule has 33 heavy (non-hydrogen) atoms. The lowest BCUT2D eigenvalue weighted by molar-refractivity contribution is -0.142. The second kappa shape index (κ2) is 10.2. The van der Waals surface area contributed by atoms with Crippen LogP contribution in [0.25, 0.3) is 5.57 Å². The third-order valence-electron chi connectivity index (χ3n) is 7.08. The first-order valence-electron chi connectivity index (χ1n) is 11.7. The van der Waals surface area contributed by atoms with Crippen molar-refractivity contribution in [1.29, 1.82) is 0 Å². The van der Waals surface area contributed by atoms with Crippen LogP contribution in [0.4, 0.5) is 0 Å². The lowest BCUT2D eigenvalue weighted by Crippen LogP contribution is -2.36. The van der Waals surface area contributed by atoms with Crippen LogP contribution >= 0.6 is 0 Å². The van der Waals surface area contributed by atoms with Gasteiger partial charge in [0.05, 0.1) is 7.11 Å². The van der Waals surface area contributed by atoms with Gasteiger partial charge in [-0.2, -0.15) is 0 Å². The lowest BCUT2D eigenvalue weighted by Gasteiger charge is -2.33. The maximum atomic E-state index is 12.1. The third-order valence-corrected chi connectivity index (χ3v) is 7.08. The summed E-state index contributed by atoms with van der Waals surface area (Å²) < 4.78 is 5.33. The summed E-state index contributed by atoms with van der Waals surface area (Å²) in [5, 5.41) is 9.95. The number of likely N-dealkylation sites (tertiary alicyclic amines) is 1. The molecule has 0 amide bonds. The van der Waals surface area contributed by atoms with Gasteiger partial charge in [0.25, 0.3) is 0 Å². The van der Waals surface area contributed by atoms with Gasteiger partial charge in [-0.1, -0.05) is 79.7 Å². The zero-order valence-corrected chi connectivity index (χ0v) is 19.5. The molecule has 2 aromatic rings. The summed E-state index contributed by atoms with van der Waals surface area (Å²) in [6, 6.07) is 20.3. The minimum Gasteiger partial charge on any atom is -0.497 e. The fourth-order valence-electron chi connectivity index (χ4n) is 5.24. The zero-order chi connectivity index (χ0) is 23.3. The van der Waals surface area contributed by atoms with Crippen molar-refractivity contribution >= 4 is 11.5 Å². The number of aliphatic carboxylic acids is 1. The van der Waals surface area contributed by atoms with Crippen LogP contribution < -0.4 is 0 Å². The second-order valence-corrected chi connectivity index (χ2v) is 9.33. The number of carboxylic acid groups (broad SMARTS) is 1. The van der Waals surface area contributed by atoms with E-state index in [0.29, 0.717) is 12.3 Å². The van der Waals surface area contributed by atoms with Gasteiger partial charge in [-0.05, 0) is 59.4 Å². The molecule has 0 radical (unpaired) electrons. The number of nitrogens with zero attached hydrogens (tertiary/aromatic N) is 1. The molecule has 2 aliphatic rings. The number of rotatable bonds is 8. The molecule has 0 spiro atoms. The summed E-state index contributed by atoms with van der Waals surface area (Å²) in [5.41, 5.74) is 3.48. The minimum atomic E-state index is -0.720. The highest BCUT2D eigenvalue weighted by Gasteiger charge is 2.47. The Morgan fingerprint density at radius 2 is 1.76 bits per heavy atom. The van der Waals surface area contributed by atoms with E-state index in [1.165, 1.54) is 16.7 Å². The molecule has 4 heteroatoms. The highest BCUT2D eigenvalue weighted by Crippen LogP contribution is 2.44. The molecule has 3 atom stereocenters. The predicted octanol–water partition coefficient (Wildman–Crippen LogP) is 5.78. The Bertz CT molecular complexity index is 1000. The van der Waals surface area contributed by atoms with E-state index in [2.05, 4.69) is 78.6 Å². The highest BCUT2D eigenvalue weighted by atomic mass is 16.5. The van der Waals surface area contributed by atoms with Crippen molar-refractivity contribution in [3.05, 3.63) is 102 Å². The van der Waals surface area contributed by atoms with Gasteiger partial charge in [0.1, 0.15) is 11.8 Å². The maximum absolute atomic E-state index is 12.1. The quantitative estimate of drug-likeness (QED) is 0.562. The van der Waals surface area contributed by atoms with Gasteiger partial charge in [-0.3, -0.25) is 9.69 Å². The molecular formula is C29H33NO3. The summed E-state index contributed by atoms with van der Waals surface area (Å²) >= 11 is 0. The molecule has 1 aliphatic heterocycles. The molecule has 1 aliphatic carbocycles. The number of methoxy groups -OCH3 is 1. The molecule has 4 rings (SSSR count). The van der Waals surface area contributed by atoms with E-state index < -0.39 is 12.0 Å². The Balaban J connectivity index is 1.50. The van der Waals surface area contributed by atoms with Gasteiger partial charge in [-0.25, -0.2) is 0 Å². The van der Waals surface area contributed by atoms with E-state index in [1.807, 2.05) is 18.2 Å². The molecule has 172 valence electrons. The number of carboxylic acids is 1. The molecular weight excluding hydrogens is 410 g/mol. The Labute approximate surface area is 196 Å². The average molecular weight is 444 g/mol. The molecule has 0 saturated carbocycles. The first kappa shape index (κ1) is 23.1. The van der Waals surface area contributed by atoms with E-state index in [4.69, 9.17) is 4.74 Å². The van der Waals surface area contributed by atoms with Gasteiger partial charge < -0.3 is 9.84 Å². The second-order valence-electron chi connectivity index (χ2n) is 9.33. The van der Waals surface area contributed by atoms with Crippen molar-refractivity contribution in [3.63, 3.8) is 0 Å². The normalized spacial score (nSPS) is 24.8. The molecule has 1 heterocycles. The molecule has 0 bridgehead atoms. The van der Waals surface area contributed by atoms with Gasteiger partial charge in [0.2, 0.25) is 0 Å². The van der Waals surface area contributed by atoms with Gasteiger partial charge >= 0.3 is 5.97 Å². The van der Waals surface area contributed by atoms with E-state index in [-0.39, 0.29) is 5.41 Å². The average Bonchev–Trinajstić information content (AvgIpc) is 3.21. The Morgan fingerprint density at radius 1 is 1.12 bits per heavy atom. The monoisotopic (exact) mass is 443 g/mol. The van der Waals surface area contributed by atoms with Crippen LogP contribution in [0.3, 0.4) is 0 Å². The van der Waals surface area contributed by atoms with Crippen LogP contribution in [0.5, 0.6) is 0 Å². The van der Waals surface area contributed by atoms with E-state index in [1.54, 1.807) is 7.11 Å². The maximum Gasteiger partial charge on any atom is 0.320 e. The summed E-state index contributed by atoms with van der Waals surface area (Å²) in [5.74, 6) is 0.490. The Hall–Kier alpha value is -3.11. The van der Waals surface area contributed by atoms with Crippen molar-refractivity contribution in [2.75, 3.05) is 20.2 Å². The molecule has 0 aromatic heterocycles. The van der Waals surface area contributed by atoms with Crippen LogP contribution in [0.1, 0.15) is 37.3 Å². The van der Waals surface area contributed by atoms with Gasteiger partial charge in [0.15, 0.2) is 0 Å².